The van der Waals surface area contributed by atoms with E-state index in [9.17, 15) is 9.59 Å². The highest BCUT2D eigenvalue weighted by molar-refractivity contribution is 6.32. The van der Waals surface area contributed by atoms with Gasteiger partial charge in [0.15, 0.2) is 0 Å². The zero-order chi connectivity index (χ0) is 8.43. The number of aliphatic hydroxyl groups is 1. The molecule has 0 aliphatic carbocycles. The number of nitrogens with zero attached hydrogens (tertiary/aromatic N) is 1. The number of hydrogen-bond acceptors (Lipinski definition) is 4. The van der Waals surface area contributed by atoms with Crippen molar-refractivity contribution < 1.29 is 19.4 Å². The van der Waals surface area contributed by atoms with E-state index in [1.54, 1.807) is 0 Å². The van der Waals surface area contributed by atoms with Crippen molar-refractivity contribution in [2.75, 3.05) is 13.2 Å². The minimum atomic E-state index is -0.921. The Balaban J connectivity index is 2.66. The standard InChI is InChI=1S/C6H9NO4/c1-4(8)7-2-3-11-6(10)5(7)9/h4,8H,2-3H2,1H3. The van der Waals surface area contributed by atoms with Crippen molar-refractivity contribution in [1.29, 1.82) is 0 Å². The fourth-order valence-corrected chi connectivity index (χ4v) is 0.874. The third-order valence-electron chi connectivity index (χ3n) is 1.45. The van der Waals surface area contributed by atoms with Gasteiger partial charge in [-0.2, -0.15) is 0 Å². The molecule has 1 aliphatic heterocycles. The lowest BCUT2D eigenvalue weighted by molar-refractivity contribution is -0.172. The summed E-state index contributed by atoms with van der Waals surface area (Å²) in [7, 11) is 0. The number of rotatable bonds is 1. The molecule has 0 aromatic carbocycles. The summed E-state index contributed by atoms with van der Waals surface area (Å²) in [4.78, 5) is 22.5. The van der Waals surface area contributed by atoms with Crippen molar-refractivity contribution in [3.63, 3.8) is 0 Å². The summed E-state index contributed by atoms with van der Waals surface area (Å²) in [5.41, 5.74) is 0. The first kappa shape index (κ1) is 8.00. The number of morpholine rings is 1. The van der Waals surface area contributed by atoms with Crippen molar-refractivity contribution in [3.05, 3.63) is 0 Å². The number of carbonyl (C=O) groups excluding carboxylic acids is 2. The first-order valence-electron chi connectivity index (χ1n) is 3.28. The maximum atomic E-state index is 10.9. The molecule has 1 atom stereocenters. The predicted molar refractivity (Wildman–Crippen MR) is 34.4 cm³/mol. The monoisotopic (exact) mass is 159 g/mol. The SMILES string of the molecule is CC(O)N1CCOC(=O)C1=O. The van der Waals surface area contributed by atoms with E-state index in [2.05, 4.69) is 4.74 Å². The molecular weight excluding hydrogens is 150 g/mol. The van der Waals surface area contributed by atoms with Gasteiger partial charge in [-0.15, -0.1) is 0 Å². The number of cyclic esters (lactones) is 1. The van der Waals surface area contributed by atoms with Crippen LogP contribution < -0.4 is 0 Å². The van der Waals surface area contributed by atoms with Crippen LogP contribution in [-0.4, -0.2) is 41.3 Å². The fourth-order valence-electron chi connectivity index (χ4n) is 0.874. The molecule has 0 aromatic heterocycles. The van der Waals surface area contributed by atoms with Gasteiger partial charge in [0, 0.05) is 0 Å². The van der Waals surface area contributed by atoms with Gasteiger partial charge in [-0.1, -0.05) is 0 Å². The maximum Gasteiger partial charge on any atom is 0.397 e. The molecule has 0 spiro atoms. The van der Waals surface area contributed by atoms with Crippen LogP contribution in [0.3, 0.4) is 0 Å². The van der Waals surface area contributed by atoms with Gasteiger partial charge in [0.2, 0.25) is 0 Å². The highest BCUT2D eigenvalue weighted by atomic mass is 16.5. The van der Waals surface area contributed by atoms with E-state index < -0.39 is 18.1 Å². The van der Waals surface area contributed by atoms with Gasteiger partial charge in [0.05, 0.1) is 6.54 Å². The number of hydrogen-bond donors (Lipinski definition) is 1. The summed E-state index contributed by atoms with van der Waals surface area (Å²) in [5, 5.41) is 8.96. The second kappa shape index (κ2) is 2.87. The van der Waals surface area contributed by atoms with Crippen LogP contribution in [0.1, 0.15) is 6.92 Å². The Bertz CT molecular complexity index is 189. The summed E-state index contributed by atoms with van der Waals surface area (Å²) < 4.78 is 4.43. The van der Waals surface area contributed by atoms with E-state index in [-0.39, 0.29) is 13.2 Å². The molecule has 5 nitrogen and oxygen atoms in total. The maximum absolute atomic E-state index is 10.9. The van der Waals surface area contributed by atoms with Crippen LogP contribution in [0.2, 0.25) is 0 Å². The molecule has 1 unspecified atom stereocenters. The largest absolute Gasteiger partial charge is 0.457 e. The van der Waals surface area contributed by atoms with Gasteiger partial charge in [0.1, 0.15) is 12.8 Å². The molecule has 1 rings (SSSR count). The van der Waals surface area contributed by atoms with Gasteiger partial charge < -0.3 is 14.7 Å². The van der Waals surface area contributed by atoms with Gasteiger partial charge in [-0.3, -0.25) is 4.79 Å². The molecule has 0 saturated carbocycles. The molecule has 1 heterocycles. The van der Waals surface area contributed by atoms with Crippen LogP contribution in [0.25, 0.3) is 0 Å². The molecule has 0 aromatic rings. The predicted octanol–water partition coefficient (Wildman–Crippen LogP) is -1.29. The van der Waals surface area contributed by atoms with E-state index in [0.29, 0.717) is 0 Å². The summed E-state index contributed by atoms with van der Waals surface area (Å²) in [5.74, 6) is -1.66. The zero-order valence-electron chi connectivity index (χ0n) is 6.11. The first-order chi connectivity index (χ1) is 5.13. The molecule has 11 heavy (non-hydrogen) atoms. The van der Waals surface area contributed by atoms with Crippen LogP contribution >= 0.6 is 0 Å². The van der Waals surface area contributed by atoms with Crippen LogP contribution in [0.5, 0.6) is 0 Å². The smallest absolute Gasteiger partial charge is 0.397 e. The molecule has 1 N–H and O–H groups in total. The first-order valence-corrected chi connectivity index (χ1v) is 3.28. The highest BCUT2D eigenvalue weighted by Gasteiger charge is 2.30. The summed E-state index contributed by atoms with van der Waals surface area (Å²) in [6.07, 6.45) is -0.921. The van der Waals surface area contributed by atoms with E-state index >= 15 is 0 Å². The fraction of sp³-hybridized carbons (Fsp3) is 0.667. The number of carbonyl (C=O) groups is 2. The number of esters is 1. The topological polar surface area (TPSA) is 66.8 Å². The lowest BCUT2D eigenvalue weighted by atomic mass is 10.4. The molecule has 1 fully saturated rings. The van der Waals surface area contributed by atoms with Crippen LogP contribution in [0, 0.1) is 0 Å². The van der Waals surface area contributed by atoms with E-state index in [0.717, 1.165) is 4.90 Å². The van der Waals surface area contributed by atoms with Gasteiger partial charge in [-0.25, -0.2) is 4.79 Å². The number of aliphatic hydroxyl groups excluding tert-OH is 1. The second-order valence-electron chi connectivity index (χ2n) is 2.27. The molecule has 1 amide bonds. The van der Waals surface area contributed by atoms with Crippen molar-refractivity contribution in [2.24, 2.45) is 0 Å². The molecular formula is C6H9NO4. The lowest BCUT2D eigenvalue weighted by Gasteiger charge is -2.27. The summed E-state index contributed by atoms with van der Waals surface area (Å²) >= 11 is 0. The molecule has 0 bridgehead atoms. The average molecular weight is 159 g/mol. The molecule has 5 heteroatoms. The van der Waals surface area contributed by atoms with E-state index in [4.69, 9.17) is 5.11 Å². The lowest BCUT2D eigenvalue weighted by Crippen LogP contribution is -2.49. The van der Waals surface area contributed by atoms with Crippen molar-refractivity contribution in [2.45, 2.75) is 13.2 Å². The highest BCUT2D eigenvalue weighted by Crippen LogP contribution is 2.03. The van der Waals surface area contributed by atoms with Crippen molar-refractivity contribution >= 4 is 11.9 Å². The minimum Gasteiger partial charge on any atom is -0.457 e. The summed E-state index contributed by atoms with van der Waals surface area (Å²) in [6.45, 7) is 1.86. The Morgan fingerprint density at radius 1 is 1.64 bits per heavy atom. The van der Waals surface area contributed by atoms with E-state index in [1.165, 1.54) is 6.92 Å². The Morgan fingerprint density at radius 3 is 2.73 bits per heavy atom. The van der Waals surface area contributed by atoms with Gasteiger partial charge >= 0.3 is 11.9 Å². The summed E-state index contributed by atoms with van der Waals surface area (Å²) in [6, 6.07) is 0. The third kappa shape index (κ3) is 1.48. The van der Waals surface area contributed by atoms with Crippen molar-refractivity contribution in [1.82, 2.24) is 4.90 Å². The molecule has 1 saturated heterocycles. The van der Waals surface area contributed by atoms with Crippen LogP contribution in [0.15, 0.2) is 0 Å². The Morgan fingerprint density at radius 2 is 2.27 bits per heavy atom. The average Bonchev–Trinajstić information content (AvgIpc) is 1.94. The Kier molecular flexibility index (Phi) is 2.09. The molecule has 1 aliphatic rings. The Hall–Kier alpha value is -1.10. The van der Waals surface area contributed by atoms with Crippen LogP contribution in [-0.2, 0) is 14.3 Å². The van der Waals surface area contributed by atoms with E-state index in [1.807, 2.05) is 0 Å². The van der Waals surface area contributed by atoms with Crippen LogP contribution in [0.4, 0.5) is 0 Å². The number of ether oxygens (including phenoxy) is 1. The normalized spacial score (nSPS) is 21.5. The molecule has 0 radical (unpaired) electrons. The third-order valence-corrected chi connectivity index (χ3v) is 1.45. The number of amides is 1. The second-order valence-corrected chi connectivity index (χ2v) is 2.27. The minimum absolute atomic E-state index is 0.162. The van der Waals surface area contributed by atoms with Gasteiger partial charge in [-0.05, 0) is 6.92 Å². The van der Waals surface area contributed by atoms with Gasteiger partial charge in [0.25, 0.3) is 0 Å². The van der Waals surface area contributed by atoms with Crippen molar-refractivity contribution in [3.8, 4) is 0 Å². The molecule has 62 valence electrons. The Labute approximate surface area is 63.5 Å². The quantitative estimate of drug-likeness (QED) is 0.382. The zero-order valence-corrected chi connectivity index (χ0v) is 6.11.